The van der Waals surface area contributed by atoms with E-state index < -0.39 is 11.6 Å². The fourth-order valence-corrected chi connectivity index (χ4v) is 3.72. The Labute approximate surface area is 173 Å². The SMILES string of the molecule is O=C(NCC1CCN(Cc2ccccc2)CC1)c1cc(-c2ccc(F)cc2F)on1. The van der Waals surface area contributed by atoms with Crippen LogP contribution in [0.1, 0.15) is 28.9 Å². The van der Waals surface area contributed by atoms with E-state index >= 15 is 0 Å². The molecular weight excluding hydrogens is 388 g/mol. The third-order valence-corrected chi connectivity index (χ3v) is 5.45. The highest BCUT2D eigenvalue weighted by molar-refractivity contribution is 5.93. The first-order valence-corrected chi connectivity index (χ1v) is 10.0. The second kappa shape index (κ2) is 9.17. The molecule has 5 nitrogen and oxygen atoms in total. The van der Waals surface area contributed by atoms with Crippen molar-refractivity contribution >= 4 is 5.91 Å². The molecule has 1 saturated heterocycles. The number of carbonyl (C=O) groups excluding carboxylic acids is 1. The lowest BCUT2D eigenvalue weighted by molar-refractivity contribution is 0.0926. The van der Waals surface area contributed by atoms with Crippen molar-refractivity contribution in [2.75, 3.05) is 19.6 Å². The third kappa shape index (κ3) is 4.91. The van der Waals surface area contributed by atoms with Crippen LogP contribution in [-0.4, -0.2) is 35.6 Å². The van der Waals surface area contributed by atoms with Gasteiger partial charge in [-0.2, -0.15) is 0 Å². The second-order valence-corrected chi connectivity index (χ2v) is 7.62. The van der Waals surface area contributed by atoms with Crippen molar-refractivity contribution in [3.05, 3.63) is 77.5 Å². The summed E-state index contributed by atoms with van der Waals surface area (Å²) in [5.41, 5.74) is 1.45. The number of hydrogen-bond donors (Lipinski definition) is 1. The van der Waals surface area contributed by atoms with Gasteiger partial charge in [-0.3, -0.25) is 9.69 Å². The molecule has 0 saturated carbocycles. The first-order chi connectivity index (χ1) is 14.6. The Bertz CT molecular complexity index is 999. The number of nitrogens with zero attached hydrogens (tertiary/aromatic N) is 2. The molecule has 1 aliphatic heterocycles. The van der Waals surface area contributed by atoms with Gasteiger partial charge >= 0.3 is 0 Å². The number of benzene rings is 2. The molecule has 4 rings (SSSR count). The Morgan fingerprint density at radius 2 is 1.87 bits per heavy atom. The summed E-state index contributed by atoms with van der Waals surface area (Å²) in [7, 11) is 0. The number of hydrogen-bond acceptors (Lipinski definition) is 4. The molecule has 2 heterocycles. The van der Waals surface area contributed by atoms with Gasteiger partial charge in [-0.1, -0.05) is 35.5 Å². The van der Waals surface area contributed by atoms with Crippen molar-refractivity contribution in [2.24, 2.45) is 5.92 Å². The van der Waals surface area contributed by atoms with E-state index in [1.54, 1.807) is 0 Å². The summed E-state index contributed by atoms with van der Waals surface area (Å²) < 4.78 is 32.0. The fourth-order valence-electron chi connectivity index (χ4n) is 3.72. The van der Waals surface area contributed by atoms with Gasteiger partial charge in [0.15, 0.2) is 11.5 Å². The molecule has 0 aliphatic carbocycles. The topological polar surface area (TPSA) is 58.4 Å². The van der Waals surface area contributed by atoms with Crippen LogP contribution in [0.25, 0.3) is 11.3 Å². The molecule has 0 radical (unpaired) electrons. The summed E-state index contributed by atoms with van der Waals surface area (Å²) in [5, 5.41) is 6.61. The highest BCUT2D eigenvalue weighted by atomic mass is 19.1. The first kappa shape index (κ1) is 20.2. The van der Waals surface area contributed by atoms with Crippen LogP contribution in [0.3, 0.4) is 0 Å². The molecule has 0 atom stereocenters. The predicted octanol–water partition coefficient (Wildman–Crippen LogP) is 4.26. The Morgan fingerprint density at radius 1 is 1.10 bits per heavy atom. The number of likely N-dealkylation sites (tertiary alicyclic amines) is 1. The predicted molar refractivity (Wildman–Crippen MR) is 109 cm³/mol. The molecular formula is C23H23F2N3O2. The smallest absolute Gasteiger partial charge is 0.273 e. The molecule has 30 heavy (non-hydrogen) atoms. The fraction of sp³-hybridized carbons (Fsp3) is 0.304. The molecule has 1 N–H and O–H groups in total. The van der Waals surface area contributed by atoms with E-state index in [0.29, 0.717) is 12.5 Å². The highest BCUT2D eigenvalue weighted by Gasteiger charge is 2.21. The van der Waals surface area contributed by atoms with Crippen LogP contribution in [0, 0.1) is 17.6 Å². The van der Waals surface area contributed by atoms with E-state index in [1.165, 1.54) is 17.7 Å². The van der Waals surface area contributed by atoms with Gasteiger partial charge in [-0.05, 0) is 49.5 Å². The van der Waals surface area contributed by atoms with Crippen molar-refractivity contribution in [3.8, 4) is 11.3 Å². The standard InChI is InChI=1S/C23H23F2N3O2/c24-18-6-7-19(20(25)12-18)22-13-21(27-30-22)23(29)26-14-16-8-10-28(11-9-16)15-17-4-2-1-3-5-17/h1-7,12-13,16H,8-11,14-15H2,(H,26,29). The average molecular weight is 411 g/mol. The molecule has 1 amide bonds. The van der Waals surface area contributed by atoms with Crippen LogP contribution in [0.15, 0.2) is 59.1 Å². The number of rotatable bonds is 6. The molecule has 156 valence electrons. The van der Waals surface area contributed by atoms with Gasteiger partial charge in [0.2, 0.25) is 0 Å². The lowest BCUT2D eigenvalue weighted by Crippen LogP contribution is -2.38. The van der Waals surface area contributed by atoms with Gasteiger partial charge in [-0.25, -0.2) is 8.78 Å². The summed E-state index contributed by atoms with van der Waals surface area (Å²) in [6.07, 6.45) is 2.02. The minimum absolute atomic E-state index is 0.0636. The summed E-state index contributed by atoms with van der Waals surface area (Å²) in [6.45, 7) is 3.49. The van der Waals surface area contributed by atoms with Crippen LogP contribution in [0.2, 0.25) is 0 Å². The summed E-state index contributed by atoms with van der Waals surface area (Å²) in [5.74, 6) is -1.31. The lowest BCUT2D eigenvalue weighted by atomic mass is 9.96. The van der Waals surface area contributed by atoms with Gasteiger partial charge in [0.05, 0.1) is 5.56 Å². The molecule has 0 spiro atoms. The van der Waals surface area contributed by atoms with E-state index in [-0.39, 0.29) is 22.9 Å². The van der Waals surface area contributed by atoms with E-state index in [2.05, 4.69) is 39.6 Å². The maximum Gasteiger partial charge on any atom is 0.273 e. The van der Waals surface area contributed by atoms with Gasteiger partial charge in [0, 0.05) is 25.2 Å². The normalized spacial score (nSPS) is 15.3. The number of halogens is 2. The van der Waals surface area contributed by atoms with Crippen LogP contribution < -0.4 is 5.32 Å². The largest absolute Gasteiger partial charge is 0.355 e. The van der Waals surface area contributed by atoms with E-state index in [0.717, 1.165) is 44.6 Å². The highest BCUT2D eigenvalue weighted by Crippen LogP contribution is 2.24. The third-order valence-electron chi connectivity index (χ3n) is 5.45. The molecule has 0 bridgehead atoms. The second-order valence-electron chi connectivity index (χ2n) is 7.62. The number of amides is 1. The van der Waals surface area contributed by atoms with Crippen molar-refractivity contribution < 1.29 is 18.1 Å². The zero-order valence-electron chi connectivity index (χ0n) is 16.5. The number of nitrogens with one attached hydrogen (secondary N) is 1. The first-order valence-electron chi connectivity index (χ1n) is 10.0. The average Bonchev–Trinajstić information content (AvgIpc) is 3.24. The van der Waals surface area contributed by atoms with E-state index in [4.69, 9.17) is 4.52 Å². The van der Waals surface area contributed by atoms with Gasteiger partial charge < -0.3 is 9.84 Å². The lowest BCUT2D eigenvalue weighted by Gasteiger charge is -2.32. The molecule has 7 heteroatoms. The van der Waals surface area contributed by atoms with Gasteiger partial charge in [0.25, 0.3) is 5.91 Å². The Hall–Kier alpha value is -3.06. The Morgan fingerprint density at radius 3 is 2.60 bits per heavy atom. The Kier molecular flexibility index (Phi) is 6.18. The zero-order chi connectivity index (χ0) is 20.9. The molecule has 1 fully saturated rings. The summed E-state index contributed by atoms with van der Waals surface area (Å²) >= 11 is 0. The van der Waals surface area contributed by atoms with Gasteiger partial charge in [0.1, 0.15) is 11.6 Å². The molecule has 0 unspecified atom stereocenters. The summed E-state index contributed by atoms with van der Waals surface area (Å²) in [4.78, 5) is 14.8. The van der Waals surface area contributed by atoms with Crippen LogP contribution in [0.5, 0.6) is 0 Å². The number of piperidine rings is 1. The minimum Gasteiger partial charge on any atom is -0.355 e. The van der Waals surface area contributed by atoms with Crippen molar-refractivity contribution in [3.63, 3.8) is 0 Å². The van der Waals surface area contributed by atoms with Crippen LogP contribution >= 0.6 is 0 Å². The number of aromatic nitrogens is 1. The number of carbonyl (C=O) groups is 1. The maximum atomic E-state index is 13.9. The van der Waals surface area contributed by atoms with Gasteiger partial charge in [-0.15, -0.1) is 0 Å². The van der Waals surface area contributed by atoms with Crippen molar-refractivity contribution in [2.45, 2.75) is 19.4 Å². The van der Waals surface area contributed by atoms with E-state index in [1.807, 2.05) is 6.07 Å². The quantitative estimate of drug-likeness (QED) is 0.659. The molecule has 1 aromatic heterocycles. The maximum absolute atomic E-state index is 13.9. The zero-order valence-corrected chi connectivity index (χ0v) is 16.5. The molecule has 3 aromatic rings. The Balaban J connectivity index is 1.26. The molecule has 1 aliphatic rings. The molecule has 2 aromatic carbocycles. The summed E-state index contributed by atoms with van der Waals surface area (Å²) in [6, 6.07) is 14.9. The van der Waals surface area contributed by atoms with Crippen LogP contribution in [0.4, 0.5) is 8.78 Å². The van der Waals surface area contributed by atoms with Crippen LogP contribution in [-0.2, 0) is 6.54 Å². The minimum atomic E-state index is -0.764. The van der Waals surface area contributed by atoms with Crippen molar-refractivity contribution in [1.82, 2.24) is 15.4 Å². The van der Waals surface area contributed by atoms with E-state index in [9.17, 15) is 13.6 Å². The monoisotopic (exact) mass is 411 g/mol. The van der Waals surface area contributed by atoms with Crippen molar-refractivity contribution in [1.29, 1.82) is 0 Å².